The molecule has 33 heavy (non-hydrogen) atoms. The van der Waals surface area contributed by atoms with E-state index in [0.717, 1.165) is 12.8 Å². The molecule has 0 radical (unpaired) electrons. The van der Waals surface area contributed by atoms with Crippen molar-refractivity contribution in [3.8, 4) is 0 Å². The predicted molar refractivity (Wildman–Crippen MR) is 123 cm³/mol. The Morgan fingerprint density at radius 2 is 2.09 bits per heavy atom. The molecule has 2 aliphatic rings. The van der Waals surface area contributed by atoms with E-state index in [1.54, 1.807) is 29.8 Å². The molecule has 1 atom stereocenters. The molecule has 1 aromatic carbocycles. The van der Waals surface area contributed by atoms with Crippen LogP contribution in [0.25, 0.3) is 11.7 Å². The molecule has 1 aliphatic carbocycles. The number of nitrogens with zero attached hydrogens (tertiary/aromatic N) is 4. The summed E-state index contributed by atoms with van der Waals surface area (Å²) in [4.78, 5) is 32.6. The molecule has 0 unspecified atom stereocenters. The first-order valence-corrected chi connectivity index (χ1v) is 10.5. The standard InChI is InChI=1S/C21H19ClFN7O2.CH4/c1-10(15-8-13(22)2-5-16(15)23)25-20-28-18-12(6-11-7-17(31)27-19(11)32)9-24-30(18)21(29-20)26-14-3-4-14;/h2,5-6,8-10,14H,3-4,7H2,1H3,(H,27,31,32)(H2,25,26,28,29);1H4/b11-6+;/t10-;/m1./s1. The zero-order chi connectivity index (χ0) is 22.4. The topological polar surface area (TPSA) is 113 Å². The highest BCUT2D eigenvalue weighted by atomic mass is 35.5. The smallest absolute Gasteiger partial charge is 0.254 e. The maximum absolute atomic E-state index is 14.3. The van der Waals surface area contributed by atoms with Gasteiger partial charge in [0.1, 0.15) is 5.82 Å². The Bertz CT molecular complexity index is 1290. The number of rotatable bonds is 6. The van der Waals surface area contributed by atoms with Crippen LogP contribution in [-0.4, -0.2) is 37.4 Å². The average molecular weight is 472 g/mol. The number of nitrogens with one attached hydrogen (secondary N) is 3. The third kappa shape index (κ3) is 4.65. The molecular formula is C22H23ClFN7O2. The second-order valence-electron chi connectivity index (χ2n) is 7.88. The van der Waals surface area contributed by atoms with Gasteiger partial charge in [-0.15, -0.1) is 0 Å². The van der Waals surface area contributed by atoms with Crippen molar-refractivity contribution < 1.29 is 14.0 Å². The molecule has 1 saturated heterocycles. The number of carbonyl (C=O) groups excluding carboxylic acids is 2. The second-order valence-corrected chi connectivity index (χ2v) is 8.32. The van der Waals surface area contributed by atoms with Crippen LogP contribution in [-0.2, 0) is 9.59 Å². The van der Waals surface area contributed by atoms with E-state index in [0.29, 0.717) is 39.4 Å². The zero-order valence-electron chi connectivity index (χ0n) is 17.0. The molecule has 0 bridgehead atoms. The van der Waals surface area contributed by atoms with E-state index in [-0.39, 0.29) is 25.7 Å². The van der Waals surface area contributed by atoms with Gasteiger partial charge in [-0.25, -0.2) is 4.39 Å². The van der Waals surface area contributed by atoms with Gasteiger partial charge in [0, 0.05) is 27.8 Å². The first-order chi connectivity index (χ1) is 15.4. The average Bonchev–Trinajstić information content (AvgIpc) is 3.38. The molecule has 3 N–H and O–H groups in total. The number of fused-ring (bicyclic) bond motifs is 1. The fourth-order valence-electron chi connectivity index (χ4n) is 3.49. The number of anilines is 2. The summed E-state index contributed by atoms with van der Waals surface area (Å²) in [5, 5.41) is 13.5. The first kappa shape index (κ1) is 22.7. The van der Waals surface area contributed by atoms with Gasteiger partial charge in [-0.3, -0.25) is 14.9 Å². The minimum absolute atomic E-state index is 0. The molecule has 0 spiro atoms. The van der Waals surface area contributed by atoms with Crippen molar-refractivity contribution in [1.82, 2.24) is 24.9 Å². The Morgan fingerprint density at radius 1 is 1.30 bits per heavy atom. The molecule has 2 fully saturated rings. The normalized spacial score (nSPS) is 17.7. The minimum Gasteiger partial charge on any atom is -0.351 e. The number of aromatic nitrogens is 4. The van der Waals surface area contributed by atoms with Crippen molar-refractivity contribution in [2.24, 2.45) is 0 Å². The summed E-state index contributed by atoms with van der Waals surface area (Å²) in [7, 11) is 0. The van der Waals surface area contributed by atoms with Crippen LogP contribution in [0.15, 0.2) is 30.0 Å². The predicted octanol–water partition coefficient (Wildman–Crippen LogP) is 3.73. The van der Waals surface area contributed by atoms with Gasteiger partial charge >= 0.3 is 0 Å². The van der Waals surface area contributed by atoms with E-state index in [2.05, 4.69) is 31.0 Å². The maximum atomic E-state index is 14.3. The van der Waals surface area contributed by atoms with Crippen molar-refractivity contribution in [2.75, 3.05) is 10.6 Å². The van der Waals surface area contributed by atoms with E-state index < -0.39 is 17.8 Å². The Balaban J connectivity index is 0.00000259. The highest BCUT2D eigenvalue weighted by Gasteiger charge is 2.26. The summed E-state index contributed by atoms with van der Waals surface area (Å²) in [6.07, 6.45) is 5.22. The lowest BCUT2D eigenvalue weighted by atomic mass is 10.1. The lowest BCUT2D eigenvalue weighted by molar-refractivity contribution is -0.124. The third-order valence-electron chi connectivity index (χ3n) is 5.30. The summed E-state index contributed by atoms with van der Waals surface area (Å²) in [6.45, 7) is 1.78. The van der Waals surface area contributed by atoms with Crippen LogP contribution in [0.3, 0.4) is 0 Å². The molecule has 11 heteroatoms. The number of hydrogen-bond acceptors (Lipinski definition) is 7. The number of hydrogen-bond donors (Lipinski definition) is 3. The monoisotopic (exact) mass is 471 g/mol. The quantitative estimate of drug-likeness (QED) is 0.371. The number of carbonyl (C=O) groups is 2. The Hall–Kier alpha value is -3.53. The highest BCUT2D eigenvalue weighted by molar-refractivity contribution is 6.30. The SMILES string of the molecule is C.C[C@@H](Nc1nc(NC2CC2)n2ncc(/C=C3\CC(=O)NC3=O)c2n1)c1cc(Cl)ccc1F. The van der Waals surface area contributed by atoms with E-state index >= 15 is 0 Å². The summed E-state index contributed by atoms with van der Waals surface area (Å²) >= 11 is 6.03. The number of amides is 2. The van der Waals surface area contributed by atoms with Gasteiger partial charge in [0.2, 0.25) is 17.8 Å². The molecule has 9 nitrogen and oxygen atoms in total. The van der Waals surface area contributed by atoms with Crippen LogP contribution >= 0.6 is 11.6 Å². The Kier molecular flexibility index (Phi) is 6.03. The van der Waals surface area contributed by atoms with Crippen molar-refractivity contribution in [2.45, 2.75) is 45.7 Å². The zero-order valence-corrected chi connectivity index (χ0v) is 17.8. The molecule has 3 heterocycles. The van der Waals surface area contributed by atoms with Crippen molar-refractivity contribution in [3.63, 3.8) is 0 Å². The fraction of sp³-hybridized carbons (Fsp3) is 0.318. The summed E-state index contributed by atoms with van der Waals surface area (Å²) in [6, 6.07) is 4.19. The number of benzene rings is 1. The van der Waals surface area contributed by atoms with Crippen molar-refractivity contribution in [3.05, 3.63) is 51.9 Å². The molecule has 172 valence electrons. The summed E-state index contributed by atoms with van der Waals surface area (Å²) in [5.74, 6) is -0.417. The molecule has 1 aliphatic heterocycles. The maximum Gasteiger partial charge on any atom is 0.254 e. The van der Waals surface area contributed by atoms with Gasteiger partial charge in [-0.2, -0.15) is 19.6 Å². The van der Waals surface area contributed by atoms with E-state index in [9.17, 15) is 14.0 Å². The minimum atomic E-state index is -0.465. The van der Waals surface area contributed by atoms with Crippen molar-refractivity contribution >= 4 is 47.0 Å². The van der Waals surface area contributed by atoms with Gasteiger partial charge in [0.25, 0.3) is 5.91 Å². The van der Waals surface area contributed by atoms with Crippen LogP contribution in [0.1, 0.15) is 50.8 Å². The highest BCUT2D eigenvalue weighted by Crippen LogP contribution is 2.28. The third-order valence-corrected chi connectivity index (χ3v) is 5.54. The van der Waals surface area contributed by atoms with E-state index in [4.69, 9.17) is 11.6 Å². The summed E-state index contributed by atoms with van der Waals surface area (Å²) < 4.78 is 15.9. The van der Waals surface area contributed by atoms with Gasteiger partial charge < -0.3 is 10.6 Å². The largest absolute Gasteiger partial charge is 0.351 e. The Labute approximate surface area is 194 Å². The first-order valence-electron chi connectivity index (χ1n) is 10.2. The van der Waals surface area contributed by atoms with Gasteiger partial charge in [-0.1, -0.05) is 19.0 Å². The lowest BCUT2D eigenvalue weighted by Gasteiger charge is -2.16. The summed E-state index contributed by atoms with van der Waals surface area (Å²) in [5.41, 5.74) is 1.73. The molecule has 1 saturated carbocycles. The van der Waals surface area contributed by atoms with Crippen molar-refractivity contribution in [1.29, 1.82) is 0 Å². The van der Waals surface area contributed by atoms with Crippen LogP contribution in [0.2, 0.25) is 5.02 Å². The van der Waals surface area contributed by atoms with Gasteiger partial charge in [0.15, 0.2) is 5.65 Å². The number of halogens is 2. The van der Waals surface area contributed by atoms with Crippen LogP contribution in [0, 0.1) is 5.82 Å². The van der Waals surface area contributed by atoms with Gasteiger partial charge in [-0.05, 0) is 44.0 Å². The Morgan fingerprint density at radius 3 is 2.79 bits per heavy atom. The van der Waals surface area contributed by atoms with Gasteiger partial charge in [0.05, 0.1) is 18.7 Å². The fourth-order valence-corrected chi connectivity index (χ4v) is 3.67. The van der Waals surface area contributed by atoms with Crippen LogP contribution in [0.4, 0.5) is 16.3 Å². The van der Waals surface area contributed by atoms with Crippen LogP contribution in [0.5, 0.6) is 0 Å². The molecular weight excluding hydrogens is 449 g/mol. The molecule has 2 amide bonds. The second kappa shape index (κ2) is 8.78. The lowest BCUT2D eigenvalue weighted by Crippen LogP contribution is -2.19. The van der Waals surface area contributed by atoms with E-state index in [1.807, 2.05) is 0 Å². The number of imide groups is 1. The van der Waals surface area contributed by atoms with Crippen LogP contribution < -0.4 is 16.0 Å². The molecule has 2 aromatic heterocycles. The molecule has 3 aromatic rings. The molecule has 5 rings (SSSR count). The van der Waals surface area contributed by atoms with E-state index in [1.165, 1.54) is 12.1 Å².